The molecular formula is C17H24FNO. The van der Waals surface area contributed by atoms with Gasteiger partial charge in [0, 0.05) is 18.2 Å². The maximum atomic E-state index is 13.7. The van der Waals surface area contributed by atoms with Crippen molar-refractivity contribution in [3.05, 3.63) is 35.6 Å². The molecule has 1 heterocycles. The van der Waals surface area contributed by atoms with Crippen LogP contribution in [0, 0.1) is 11.7 Å². The Balaban J connectivity index is 1.68. The summed E-state index contributed by atoms with van der Waals surface area (Å²) in [6, 6.07) is 7.20. The second-order valence-electron chi connectivity index (χ2n) is 6.29. The number of hydrogen-bond donors (Lipinski definition) is 1. The molecule has 0 aromatic heterocycles. The van der Waals surface area contributed by atoms with Crippen molar-refractivity contribution in [1.29, 1.82) is 0 Å². The highest BCUT2D eigenvalue weighted by atomic mass is 19.1. The summed E-state index contributed by atoms with van der Waals surface area (Å²) in [5.74, 6) is 0.502. The van der Waals surface area contributed by atoms with Gasteiger partial charge in [-0.15, -0.1) is 0 Å². The van der Waals surface area contributed by atoms with Crippen LogP contribution in [0.15, 0.2) is 24.3 Å². The Kier molecular flexibility index (Phi) is 4.37. The summed E-state index contributed by atoms with van der Waals surface area (Å²) in [4.78, 5) is 2.41. The maximum absolute atomic E-state index is 13.7. The summed E-state index contributed by atoms with van der Waals surface area (Å²) in [5, 5.41) is 10.4. The van der Waals surface area contributed by atoms with Crippen LogP contribution in [-0.4, -0.2) is 29.1 Å². The first kappa shape index (κ1) is 14.0. The molecule has 1 aromatic carbocycles. The van der Waals surface area contributed by atoms with Crippen molar-refractivity contribution >= 4 is 0 Å². The summed E-state index contributed by atoms with van der Waals surface area (Å²) in [7, 11) is 0. The Labute approximate surface area is 120 Å². The number of aliphatic hydroxyl groups is 1. The van der Waals surface area contributed by atoms with Crippen LogP contribution in [0.25, 0.3) is 0 Å². The van der Waals surface area contributed by atoms with Crippen LogP contribution in [0.4, 0.5) is 4.39 Å². The second-order valence-corrected chi connectivity index (χ2v) is 6.29. The highest BCUT2D eigenvalue weighted by molar-refractivity contribution is 5.20. The molecule has 1 saturated heterocycles. The lowest BCUT2D eigenvalue weighted by Crippen LogP contribution is -2.48. The van der Waals surface area contributed by atoms with E-state index in [1.54, 1.807) is 18.2 Å². The predicted molar refractivity (Wildman–Crippen MR) is 77.9 cm³/mol. The molecule has 3 atom stereocenters. The molecule has 3 rings (SSSR count). The van der Waals surface area contributed by atoms with E-state index in [4.69, 9.17) is 0 Å². The summed E-state index contributed by atoms with van der Waals surface area (Å²) < 4.78 is 13.7. The fourth-order valence-electron chi connectivity index (χ4n) is 4.02. The van der Waals surface area contributed by atoms with Gasteiger partial charge in [0.15, 0.2) is 0 Å². The Hall–Kier alpha value is -0.930. The van der Waals surface area contributed by atoms with Gasteiger partial charge in [0.05, 0.1) is 6.10 Å². The topological polar surface area (TPSA) is 23.5 Å². The van der Waals surface area contributed by atoms with E-state index >= 15 is 0 Å². The summed E-state index contributed by atoms with van der Waals surface area (Å²) in [5.41, 5.74) is 0.436. The molecule has 0 amide bonds. The third-order valence-electron chi connectivity index (χ3n) is 5.03. The smallest absolute Gasteiger partial charge is 0.129 e. The number of halogens is 1. The average molecular weight is 277 g/mol. The highest BCUT2D eigenvalue weighted by Crippen LogP contribution is 2.36. The molecule has 1 N–H and O–H groups in total. The van der Waals surface area contributed by atoms with Gasteiger partial charge in [-0.25, -0.2) is 4.39 Å². The zero-order valence-corrected chi connectivity index (χ0v) is 12.0. The molecule has 3 heteroatoms. The Morgan fingerprint density at radius 1 is 1.15 bits per heavy atom. The minimum Gasteiger partial charge on any atom is -0.387 e. The molecule has 110 valence electrons. The molecule has 20 heavy (non-hydrogen) atoms. The first-order valence-electron chi connectivity index (χ1n) is 7.92. The number of likely N-dealkylation sites (tertiary alicyclic amines) is 1. The van der Waals surface area contributed by atoms with Gasteiger partial charge in [-0.05, 0) is 44.2 Å². The average Bonchev–Trinajstić information content (AvgIpc) is 2.48. The van der Waals surface area contributed by atoms with Gasteiger partial charge < -0.3 is 5.11 Å². The minimum absolute atomic E-state index is 0.294. The number of fused-ring (bicyclic) bond motifs is 1. The van der Waals surface area contributed by atoms with E-state index in [1.165, 1.54) is 44.6 Å². The third kappa shape index (κ3) is 2.89. The largest absolute Gasteiger partial charge is 0.387 e. The van der Waals surface area contributed by atoms with Crippen LogP contribution in [0.2, 0.25) is 0 Å². The molecule has 1 unspecified atom stereocenters. The van der Waals surface area contributed by atoms with E-state index in [-0.39, 0.29) is 5.82 Å². The summed E-state index contributed by atoms with van der Waals surface area (Å²) >= 11 is 0. The molecule has 0 bridgehead atoms. The number of nitrogens with zero attached hydrogens (tertiary/aromatic N) is 1. The molecule has 1 saturated carbocycles. The molecule has 0 spiro atoms. The normalized spacial score (nSPS) is 28.9. The molecular weight excluding hydrogens is 253 g/mol. The third-order valence-corrected chi connectivity index (χ3v) is 5.03. The van der Waals surface area contributed by atoms with Crippen LogP contribution in [0.3, 0.4) is 0 Å². The van der Waals surface area contributed by atoms with E-state index in [0.29, 0.717) is 18.2 Å². The molecule has 2 fully saturated rings. The summed E-state index contributed by atoms with van der Waals surface area (Å²) in [6.07, 6.45) is 7.06. The van der Waals surface area contributed by atoms with Gasteiger partial charge in [-0.2, -0.15) is 0 Å². The molecule has 2 nitrogen and oxygen atoms in total. The Bertz CT molecular complexity index is 448. The number of aliphatic hydroxyl groups excluding tert-OH is 1. The van der Waals surface area contributed by atoms with Gasteiger partial charge in [0.25, 0.3) is 0 Å². The Morgan fingerprint density at radius 2 is 1.90 bits per heavy atom. The predicted octanol–water partition coefficient (Wildman–Crippen LogP) is 3.51. The molecule has 0 radical (unpaired) electrons. The quantitative estimate of drug-likeness (QED) is 0.914. The van der Waals surface area contributed by atoms with Gasteiger partial charge >= 0.3 is 0 Å². The van der Waals surface area contributed by atoms with Crippen molar-refractivity contribution < 1.29 is 9.50 Å². The van der Waals surface area contributed by atoms with E-state index in [9.17, 15) is 9.50 Å². The standard InChI is InChI=1S/C17H24FNO/c18-15-9-3-2-8-14(15)17(20)12-19-11-5-7-13-6-1-4-10-16(13)19/h2-3,8-9,13,16-17,20H,1,4-7,10-12H2/t13-,16-,17?/m1/s1. The molecule has 2 aliphatic rings. The highest BCUT2D eigenvalue weighted by Gasteiger charge is 2.34. The van der Waals surface area contributed by atoms with Gasteiger partial charge in [0.2, 0.25) is 0 Å². The Morgan fingerprint density at radius 3 is 2.75 bits per heavy atom. The first-order chi connectivity index (χ1) is 9.75. The van der Waals surface area contributed by atoms with Gasteiger partial charge in [0.1, 0.15) is 5.82 Å². The number of benzene rings is 1. The van der Waals surface area contributed by atoms with Crippen molar-refractivity contribution in [3.63, 3.8) is 0 Å². The lowest BCUT2D eigenvalue weighted by atomic mass is 9.78. The zero-order chi connectivity index (χ0) is 13.9. The lowest BCUT2D eigenvalue weighted by molar-refractivity contribution is 0.0195. The van der Waals surface area contributed by atoms with Crippen LogP contribution in [-0.2, 0) is 0 Å². The van der Waals surface area contributed by atoms with Crippen molar-refractivity contribution in [3.8, 4) is 0 Å². The van der Waals surface area contributed by atoms with Crippen LogP contribution >= 0.6 is 0 Å². The fraction of sp³-hybridized carbons (Fsp3) is 0.647. The van der Waals surface area contributed by atoms with Crippen molar-refractivity contribution in [2.75, 3.05) is 13.1 Å². The van der Waals surface area contributed by atoms with Gasteiger partial charge in [-0.3, -0.25) is 4.90 Å². The van der Waals surface area contributed by atoms with Crippen molar-refractivity contribution in [1.82, 2.24) is 4.90 Å². The lowest BCUT2D eigenvalue weighted by Gasteiger charge is -2.44. The van der Waals surface area contributed by atoms with E-state index < -0.39 is 6.10 Å². The number of β-amino-alcohol motifs (C(OH)–C–C–N with tert-alkyl or cyclic N) is 1. The monoisotopic (exact) mass is 277 g/mol. The minimum atomic E-state index is -0.711. The van der Waals surface area contributed by atoms with Crippen molar-refractivity contribution in [2.24, 2.45) is 5.92 Å². The number of hydrogen-bond acceptors (Lipinski definition) is 2. The number of rotatable bonds is 3. The molecule has 1 aromatic rings. The number of piperidine rings is 1. The van der Waals surface area contributed by atoms with Gasteiger partial charge in [-0.1, -0.05) is 31.0 Å². The first-order valence-corrected chi connectivity index (χ1v) is 7.92. The maximum Gasteiger partial charge on any atom is 0.129 e. The summed E-state index contributed by atoms with van der Waals surface area (Å²) in [6.45, 7) is 1.62. The SMILES string of the molecule is OC(CN1CCC[C@H]2CCCC[C@H]21)c1ccccc1F. The molecule has 1 aliphatic heterocycles. The van der Waals surface area contributed by atoms with Crippen LogP contribution in [0.1, 0.15) is 50.2 Å². The molecule has 1 aliphatic carbocycles. The second kappa shape index (κ2) is 6.23. The zero-order valence-electron chi connectivity index (χ0n) is 12.0. The fourth-order valence-corrected chi connectivity index (χ4v) is 4.02. The van der Waals surface area contributed by atoms with Crippen LogP contribution in [0.5, 0.6) is 0 Å². The van der Waals surface area contributed by atoms with Crippen molar-refractivity contribution in [2.45, 2.75) is 50.7 Å². The van der Waals surface area contributed by atoms with E-state index in [1.807, 2.05) is 0 Å². The van der Waals surface area contributed by atoms with E-state index in [0.717, 1.165) is 12.5 Å². The van der Waals surface area contributed by atoms with E-state index in [2.05, 4.69) is 4.90 Å². The van der Waals surface area contributed by atoms with Crippen LogP contribution < -0.4 is 0 Å².